The molecule has 6 heteroatoms. The molecule has 18 heavy (non-hydrogen) atoms. The highest BCUT2D eigenvalue weighted by atomic mass is 79.9. The van der Waals surface area contributed by atoms with E-state index < -0.39 is 0 Å². The van der Waals surface area contributed by atoms with E-state index in [1.54, 1.807) is 12.3 Å². The monoisotopic (exact) mass is 313 g/mol. The normalized spacial score (nSPS) is 20.7. The lowest BCUT2D eigenvalue weighted by molar-refractivity contribution is -0.119. The van der Waals surface area contributed by atoms with Gasteiger partial charge in [-0.1, -0.05) is 0 Å². The van der Waals surface area contributed by atoms with Gasteiger partial charge in [0.2, 0.25) is 5.91 Å². The SMILES string of the molecule is CC1COCCN1CC(=O)Nc1ccc(Br)cn1. The molecular weight excluding hydrogens is 298 g/mol. The third-order valence-corrected chi connectivity index (χ3v) is 3.32. The van der Waals surface area contributed by atoms with Crippen molar-refractivity contribution in [3.05, 3.63) is 22.8 Å². The van der Waals surface area contributed by atoms with E-state index in [9.17, 15) is 4.79 Å². The maximum atomic E-state index is 11.9. The number of ether oxygens (including phenoxy) is 1. The average molecular weight is 314 g/mol. The molecule has 98 valence electrons. The molecule has 2 rings (SSSR count). The first kappa shape index (κ1) is 13.5. The molecule has 1 aliphatic heterocycles. The van der Waals surface area contributed by atoms with Crippen molar-refractivity contribution < 1.29 is 9.53 Å². The van der Waals surface area contributed by atoms with Crippen LogP contribution in [-0.2, 0) is 9.53 Å². The summed E-state index contributed by atoms with van der Waals surface area (Å²) in [7, 11) is 0. The van der Waals surface area contributed by atoms with E-state index in [2.05, 4.69) is 38.1 Å². The molecule has 1 unspecified atom stereocenters. The molecule has 0 bridgehead atoms. The molecule has 1 saturated heterocycles. The minimum Gasteiger partial charge on any atom is -0.379 e. The minimum atomic E-state index is -0.0430. The number of carbonyl (C=O) groups is 1. The second-order valence-electron chi connectivity index (χ2n) is 4.30. The van der Waals surface area contributed by atoms with Gasteiger partial charge >= 0.3 is 0 Å². The molecule has 0 aliphatic carbocycles. The Kier molecular flexibility index (Phi) is 4.68. The molecule has 1 atom stereocenters. The largest absolute Gasteiger partial charge is 0.379 e. The van der Waals surface area contributed by atoms with Crippen LogP contribution in [0.2, 0.25) is 0 Å². The van der Waals surface area contributed by atoms with E-state index in [4.69, 9.17) is 4.74 Å². The van der Waals surface area contributed by atoms with Crippen molar-refractivity contribution in [2.75, 3.05) is 31.6 Å². The van der Waals surface area contributed by atoms with Crippen molar-refractivity contribution in [3.63, 3.8) is 0 Å². The first-order valence-corrected chi connectivity index (χ1v) is 6.67. The zero-order valence-corrected chi connectivity index (χ0v) is 11.8. The van der Waals surface area contributed by atoms with Crippen molar-refractivity contribution >= 4 is 27.7 Å². The van der Waals surface area contributed by atoms with Crippen molar-refractivity contribution in [2.45, 2.75) is 13.0 Å². The molecule has 1 aromatic rings. The number of hydrogen-bond donors (Lipinski definition) is 1. The van der Waals surface area contributed by atoms with Gasteiger partial charge in [0.1, 0.15) is 5.82 Å². The Morgan fingerprint density at radius 3 is 3.17 bits per heavy atom. The average Bonchev–Trinajstić information content (AvgIpc) is 2.35. The summed E-state index contributed by atoms with van der Waals surface area (Å²) in [6.07, 6.45) is 1.66. The Balaban J connectivity index is 1.86. The van der Waals surface area contributed by atoms with Crippen LogP contribution in [0.15, 0.2) is 22.8 Å². The van der Waals surface area contributed by atoms with Crippen LogP contribution >= 0.6 is 15.9 Å². The summed E-state index contributed by atoms with van der Waals surface area (Å²) < 4.78 is 6.23. The molecule has 0 saturated carbocycles. The van der Waals surface area contributed by atoms with Crippen LogP contribution in [-0.4, -0.2) is 48.1 Å². The summed E-state index contributed by atoms with van der Waals surface area (Å²) in [6, 6.07) is 3.90. The lowest BCUT2D eigenvalue weighted by Crippen LogP contribution is -2.47. The number of carbonyl (C=O) groups excluding carboxylic acids is 1. The molecule has 2 heterocycles. The molecular formula is C12H16BrN3O2. The van der Waals surface area contributed by atoms with E-state index in [0.29, 0.717) is 25.6 Å². The number of nitrogens with zero attached hydrogens (tertiary/aromatic N) is 2. The highest BCUT2D eigenvalue weighted by molar-refractivity contribution is 9.10. The number of rotatable bonds is 3. The highest BCUT2D eigenvalue weighted by Gasteiger charge is 2.21. The fourth-order valence-corrected chi connectivity index (χ4v) is 2.05. The summed E-state index contributed by atoms with van der Waals surface area (Å²) >= 11 is 3.30. The third kappa shape index (κ3) is 3.76. The van der Waals surface area contributed by atoms with Gasteiger partial charge in [0.15, 0.2) is 0 Å². The number of aromatic nitrogens is 1. The number of anilines is 1. The van der Waals surface area contributed by atoms with E-state index in [1.165, 1.54) is 0 Å². The standard InChI is InChI=1S/C12H16BrN3O2/c1-9-8-18-5-4-16(9)7-12(17)15-11-3-2-10(13)6-14-11/h2-3,6,9H,4-5,7-8H2,1H3,(H,14,15,17). The fraction of sp³-hybridized carbons (Fsp3) is 0.500. The van der Waals surface area contributed by atoms with Gasteiger partial charge in [-0.25, -0.2) is 4.98 Å². The first-order valence-electron chi connectivity index (χ1n) is 5.88. The predicted molar refractivity (Wildman–Crippen MR) is 72.4 cm³/mol. The Hall–Kier alpha value is -0.980. The number of hydrogen-bond acceptors (Lipinski definition) is 4. The zero-order chi connectivity index (χ0) is 13.0. The number of pyridine rings is 1. The van der Waals surface area contributed by atoms with Crippen LogP contribution in [0.5, 0.6) is 0 Å². The van der Waals surface area contributed by atoms with E-state index in [-0.39, 0.29) is 11.9 Å². The zero-order valence-electron chi connectivity index (χ0n) is 10.2. The molecule has 0 spiro atoms. The van der Waals surface area contributed by atoms with Crippen molar-refractivity contribution in [3.8, 4) is 0 Å². The molecule has 1 fully saturated rings. The maximum Gasteiger partial charge on any atom is 0.239 e. The highest BCUT2D eigenvalue weighted by Crippen LogP contribution is 2.11. The predicted octanol–water partition coefficient (Wildman–Crippen LogP) is 1.50. The molecule has 1 N–H and O–H groups in total. The lowest BCUT2D eigenvalue weighted by atomic mass is 10.2. The van der Waals surface area contributed by atoms with Crippen LogP contribution in [0.25, 0.3) is 0 Å². The number of morpholine rings is 1. The maximum absolute atomic E-state index is 11.9. The van der Waals surface area contributed by atoms with Crippen LogP contribution < -0.4 is 5.32 Å². The second kappa shape index (κ2) is 6.26. The fourth-order valence-electron chi connectivity index (χ4n) is 1.81. The second-order valence-corrected chi connectivity index (χ2v) is 5.22. The van der Waals surface area contributed by atoms with Gasteiger partial charge in [-0.3, -0.25) is 9.69 Å². The van der Waals surface area contributed by atoms with Crippen LogP contribution in [0.3, 0.4) is 0 Å². The quantitative estimate of drug-likeness (QED) is 0.919. The minimum absolute atomic E-state index is 0.0430. The molecule has 0 radical (unpaired) electrons. The van der Waals surface area contributed by atoms with Gasteiger partial charge < -0.3 is 10.1 Å². The smallest absolute Gasteiger partial charge is 0.239 e. The summed E-state index contributed by atoms with van der Waals surface area (Å²) in [5.74, 6) is 0.530. The van der Waals surface area contributed by atoms with E-state index >= 15 is 0 Å². The van der Waals surface area contributed by atoms with Gasteiger partial charge in [-0.05, 0) is 35.0 Å². The molecule has 0 aromatic carbocycles. The van der Waals surface area contributed by atoms with E-state index in [0.717, 1.165) is 11.0 Å². The van der Waals surface area contributed by atoms with Gasteiger partial charge in [0.25, 0.3) is 0 Å². The Labute approximate surface area is 115 Å². The Bertz CT molecular complexity index is 410. The van der Waals surface area contributed by atoms with E-state index in [1.807, 2.05) is 6.07 Å². The van der Waals surface area contributed by atoms with Crippen molar-refractivity contribution in [1.82, 2.24) is 9.88 Å². The van der Waals surface area contributed by atoms with Crippen molar-refractivity contribution in [1.29, 1.82) is 0 Å². The summed E-state index contributed by atoms with van der Waals surface area (Å²) in [5, 5.41) is 2.78. The van der Waals surface area contributed by atoms with Gasteiger partial charge in [0.05, 0.1) is 19.8 Å². The van der Waals surface area contributed by atoms with Gasteiger partial charge in [0, 0.05) is 23.3 Å². The van der Waals surface area contributed by atoms with Gasteiger partial charge in [-0.15, -0.1) is 0 Å². The Morgan fingerprint density at radius 1 is 1.67 bits per heavy atom. The van der Waals surface area contributed by atoms with Crippen molar-refractivity contribution in [2.24, 2.45) is 0 Å². The first-order chi connectivity index (χ1) is 8.65. The molecule has 1 aliphatic rings. The van der Waals surface area contributed by atoms with Crippen LogP contribution in [0.1, 0.15) is 6.92 Å². The van der Waals surface area contributed by atoms with Crippen LogP contribution in [0.4, 0.5) is 5.82 Å². The summed E-state index contributed by atoms with van der Waals surface area (Å²) in [5.41, 5.74) is 0. The summed E-state index contributed by atoms with van der Waals surface area (Å²) in [6.45, 7) is 4.60. The number of halogens is 1. The molecule has 1 amide bonds. The van der Waals surface area contributed by atoms with Gasteiger partial charge in [-0.2, -0.15) is 0 Å². The third-order valence-electron chi connectivity index (χ3n) is 2.85. The summed E-state index contributed by atoms with van der Waals surface area (Å²) in [4.78, 5) is 18.1. The molecule has 1 aromatic heterocycles. The topological polar surface area (TPSA) is 54.5 Å². The number of amides is 1. The van der Waals surface area contributed by atoms with Crippen LogP contribution in [0, 0.1) is 0 Å². The Morgan fingerprint density at radius 2 is 2.50 bits per heavy atom. The molecule has 5 nitrogen and oxygen atoms in total. The number of nitrogens with one attached hydrogen (secondary N) is 1. The lowest BCUT2D eigenvalue weighted by Gasteiger charge is -2.32.